The van der Waals surface area contributed by atoms with Gasteiger partial charge in [0.2, 0.25) is 0 Å². The van der Waals surface area contributed by atoms with Gasteiger partial charge in [-0.3, -0.25) is 0 Å². The molecule has 78 valence electrons. The van der Waals surface area contributed by atoms with Crippen LogP contribution >= 0.6 is 0 Å². The highest BCUT2D eigenvalue weighted by atomic mass is 19.3. The summed E-state index contributed by atoms with van der Waals surface area (Å²) in [7, 11) is 0. The monoisotopic (exact) mass is 207 g/mol. The SMILES string of the molecule is CC(F)(F)C(N)c1cc(F)cc(F)c1. The largest absolute Gasteiger partial charge is 0.319 e. The van der Waals surface area contributed by atoms with E-state index in [0.717, 1.165) is 12.1 Å². The minimum absolute atomic E-state index is 0.255. The van der Waals surface area contributed by atoms with Crippen LogP contribution in [0.1, 0.15) is 18.5 Å². The molecule has 0 saturated heterocycles. The number of halogens is 4. The van der Waals surface area contributed by atoms with Gasteiger partial charge in [0.15, 0.2) is 0 Å². The number of hydrogen-bond donors (Lipinski definition) is 1. The molecule has 1 nitrogen and oxygen atoms in total. The molecule has 2 N–H and O–H groups in total. The van der Waals surface area contributed by atoms with Crippen LogP contribution in [-0.4, -0.2) is 5.92 Å². The van der Waals surface area contributed by atoms with Crippen molar-refractivity contribution in [2.75, 3.05) is 0 Å². The van der Waals surface area contributed by atoms with E-state index in [1.165, 1.54) is 0 Å². The van der Waals surface area contributed by atoms with Crippen molar-refractivity contribution >= 4 is 0 Å². The topological polar surface area (TPSA) is 26.0 Å². The Bertz CT molecular complexity index is 312. The third kappa shape index (κ3) is 2.45. The van der Waals surface area contributed by atoms with E-state index >= 15 is 0 Å². The van der Waals surface area contributed by atoms with E-state index in [4.69, 9.17) is 5.73 Å². The van der Waals surface area contributed by atoms with E-state index in [1.807, 2.05) is 0 Å². The maximum Gasteiger partial charge on any atom is 0.264 e. The predicted octanol–water partition coefficient (Wildman–Crippen LogP) is 2.62. The maximum absolute atomic E-state index is 12.7. The Labute approximate surface area is 78.5 Å². The Morgan fingerprint density at radius 3 is 1.93 bits per heavy atom. The highest BCUT2D eigenvalue weighted by Gasteiger charge is 2.32. The van der Waals surface area contributed by atoms with Crippen LogP contribution in [0.5, 0.6) is 0 Å². The quantitative estimate of drug-likeness (QED) is 0.741. The van der Waals surface area contributed by atoms with Crippen molar-refractivity contribution in [3.8, 4) is 0 Å². The fraction of sp³-hybridized carbons (Fsp3) is 0.333. The average molecular weight is 207 g/mol. The molecule has 0 aromatic heterocycles. The molecular weight excluding hydrogens is 198 g/mol. The molecule has 5 heteroatoms. The van der Waals surface area contributed by atoms with E-state index in [1.54, 1.807) is 0 Å². The summed E-state index contributed by atoms with van der Waals surface area (Å²) in [4.78, 5) is 0. The van der Waals surface area contributed by atoms with E-state index in [2.05, 4.69) is 0 Å². The van der Waals surface area contributed by atoms with Gasteiger partial charge in [0.05, 0.1) is 6.04 Å². The molecule has 14 heavy (non-hydrogen) atoms. The van der Waals surface area contributed by atoms with Gasteiger partial charge >= 0.3 is 0 Å². The molecule has 0 fully saturated rings. The van der Waals surface area contributed by atoms with Gasteiger partial charge in [-0.25, -0.2) is 17.6 Å². The number of alkyl halides is 2. The van der Waals surface area contributed by atoms with Crippen LogP contribution in [-0.2, 0) is 0 Å². The second kappa shape index (κ2) is 3.57. The van der Waals surface area contributed by atoms with Gasteiger partial charge in [-0.15, -0.1) is 0 Å². The summed E-state index contributed by atoms with van der Waals surface area (Å²) >= 11 is 0. The van der Waals surface area contributed by atoms with Crippen LogP contribution in [0.2, 0.25) is 0 Å². The summed E-state index contributed by atoms with van der Waals surface area (Å²) in [5.74, 6) is -5.04. The Hall–Kier alpha value is -1.10. The summed E-state index contributed by atoms with van der Waals surface area (Å²) in [6.07, 6.45) is 0. The summed E-state index contributed by atoms with van der Waals surface area (Å²) in [5, 5.41) is 0. The standard InChI is InChI=1S/C9H9F4N/c1-9(12,13)8(14)5-2-6(10)4-7(11)3-5/h2-4,8H,14H2,1H3. The molecule has 0 aliphatic heterocycles. The summed E-state index contributed by atoms with van der Waals surface area (Å²) in [6.45, 7) is 0.598. The maximum atomic E-state index is 12.7. The first-order chi connectivity index (χ1) is 6.30. The number of nitrogens with two attached hydrogens (primary N) is 1. The molecule has 1 aromatic rings. The van der Waals surface area contributed by atoms with Gasteiger partial charge in [0.1, 0.15) is 11.6 Å². The fourth-order valence-corrected chi connectivity index (χ4v) is 1.05. The molecule has 1 aromatic carbocycles. The first-order valence-corrected chi connectivity index (χ1v) is 3.90. The Kier molecular flexibility index (Phi) is 2.80. The van der Waals surface area contributed by atoms with Crippen molar-refractivity contribution in [3.63, 3.8) is 0 Å². The molecule has 1 unspecified atom stereocenters. The lowest BCUT2D eigenvalue weighted by atomic mass is 10.0. The second-order valence-corrected chi connectivity index (χ2v) is 3.14. The molecule has 0 aliphatic carbocycles. The molecule has 1 atom stereocenters. The zero-order valence-electron chi connectivity index (χ0n) is 7.40. The van der Waals surface area contributed by atoms with E-state index in [0.29, 0.717) is 13.0 Å². The average Bonchev–Trinajstić information content (AvgIpc) is 1.99. The van der Waals surface area contributed by atoms with Crippen LogP contribution in [0.3, 0.4) is 0 Å². The van der Waals surface area contributed by atoms with E-state index in [9.17, 15) is 17.6 Å². The molecule has 0 bridgehead atoms. The number of rotatable bonds is 2. The molecule has 0 amide bonds. The smallest absolute Gasteiger partial charge is 0.264 e. The number of benzene rings is 1. The number of hydrogen-bond acceptors (Lipinski definition) is 1. The summed E-state index contributed by atoms with van der Waals surface area (Å²) < 4.78 is 50.7. The lowest BCUT2D eigenvalue weighted by Gasteiger charge is -2.19. The van der Waals surface area contributed by atoms with Gasteiger partial charge in [-0.05, 0) is 17.7 Å². The van der Waals surface area contributed by atoms with Gasteiger partial charge in [-0.1, -0.05) is 0 Å². The molecule has 0 saturated carbocycles. The van der Waals surface area contributed by atoms with Crippen molar-refractivity contribution in [1.29, 1.82) is 0 Å². The third-order valence-electron chi connectivity index (χ3n) is 1.79. The summed E-state index contributed by atoms with van der Waals surface area (Å²) in [5.41, 5.74) is 4.87. The third-order valence-corrected chi connectivity index (χ3v) is 1.79. The van der Waals surface area contributed by atoms with Crippen LogP contribution in [0.4, 0.5) is 17.6 Å². The van der Waals surface area contributed by atoms with Gasteiger partial charge in [0, 0.05) is 13.0 Å². The minimum Gasteiger partial charge on any atom is -0.319 e. The minimum atomic E-state index is -3.21. The lowest BCUT2D eigenvalue weighted by Crippen LogP contribution is -2.29. The first kappa shape index (κ1) is 11.0. The Morgan fingerprint density at radius 1 is 1.14 bits per heavy atom. The molecule has 0 spiro atoms. The summed E-state index contributed by atoms with van der Waals surface area (Å²) in [6, 6.07) is 0.494. The highest BCUT2D eigenvalue weighted by Crippen LogP contribution is 2.29. The van der Waals surface area contributed by atoms with E-state index in [-0.39, 0.29) is 5.56 Å². The van der Waals surface area contributed by atoms with Crippen molar-refractivity contribution in [3.05, 3.63) is 35.4 Å². The van der Waals surface area contributed by atoms with Crippen LogP contribution in [0, 0.1) is 11.6 Å². The van der Waals surface area contributed by atoms with Crippen LogP contribution in [0.15, 0.2) is 18.2 Å². The van der Waals surface area contributed by atoms with Gasteiger partial charge < -0.3 is 5.73 Å². The molecule has 0 heterocycles. The normalized spacial score (nSPS) is 14.1. The van der Waals surface area contributed by atoms with Gasteiger partial charge in [0.25, 0.3) is 5.92 Å². The first-order valence-electron chi connectivity index (χ1n) is 3.90. The molecule has 0 aliphatic rings. The van der Waals surface area contributed by atoms with Crippen molar-refractivity contribution < 1.29 is 17.6 Å². The Balaban J connectivity index is 3.07. The predicted molar refractivity (Wildman–Crippen MR) is 43.9 cm³/mol. The zero-order chi connectivity index (χ0) is 10.9. The Morgan fingerprint density at radius 2 is 1.57 bits per heavy atom. The van der Waals surface area contributed by atoms with Crippen molar-refractivity contribution in [2.45, 2.75) is 18.9 Å². The molecule has 0 radical (unpaired) electrons. The van der Waals surface area contributed by atoms with E-state index < -0.39 is 23.6 Å². The fourth-order valence-electron chi connectivity index (χ4n) is 1.05. The zero-order valence-corrected chi connectivity index (χ0v) is 7.40. The lowest BCUT2D eigenvalue weighted by molar-refractivity contribution is -0.00632. The van der Waals surface area contributed by atoms with Crippen molar-refractivity contribution in [1.82, 2.24) is 0 Å². The van der Waals surface area contributed by atoms with Crippen LogP contribution in [0.25, 0.3) is 0 Å². The molecule has 1 rings (SSSR count). The van der Waals surface area contributed by atoms with Gasteiger partial charge in [-0.2, -0.15) is 0 Å². The highest BCUT2D eigenvalue weighted by molar-refractivity contribution is 5.22. The molecular formula is C9H9F4N. The second-order valence-electron chi connectivity index (χ2n) is 3.14. The van der Waals surface area contributed by atoms with Crippen molar-refractivity contribution in [2.24, 2.45) is 5.73 Å². The van der Waals surface area contributed by atoms with Crippen LogP contribution < -0.4 is 5.73 Å².